The molecule has 0 saturated carbocycles. The molecule has 0 bridgehead atoms. The second kappa shape index (κ2) is 7.71. The number of carbonyl (C=O) groups excluding carboxylic acids is 1. The minimum Gasteiger partial charge on any atom is -0.491 e. The summed E-state index contributed by atoms with van der Waals surface area (Å²) in [4.78, 5) is 17.6. The predicted octanol–water partition coefficient (Wildman–Crippen LogP) is 2.65. The summed E-state index contributed by atoms with van der Waals surface area (Å²) in [5, 5.41) is 0. The van der Waals surface area contributed by atoms with Crippen molar-refractivity contribution in [1.82, 2.24) is 9.80 Å². The number of hydrogen-bond donors (Lipinski definition) is 0. The molecule has 2 aliphatic rings. The van der Waals surface area contributed by atoms with Gasteiger partial charge in [0.2, 0.25) is 0 Å². The Hall–Kier alpha value is -2.37. The van der Waals surface area contributed by atoms with Gasteiger partial charge in [-0.15, -0.1) is 0 Å². The zero-order valence-electron chi connectivity index (χ0n) is 15.9. The van der Waals surface area contributed by atoms with Gasteiger partial charge in [0.1, 0.15) is 12.4 Å². The van der Waals surface area contributed by atoms with Crippen LogP contribution < -0.4 is 4.74 Å². The Morgan fingerprint density at radius 3 is 2.67 bits per heavy atom. The largest absolute Gasteiger partial charge is 0.491 e. The Morgan fingerprint density at radius 2 is 1.85 bits per heavy atom. The lowest BCUT2D eigenvalue weighted by atomic mass is 9.96. The number of fused-ring (bicyclic) bond motifs is 2. The number of hydrogen-bond acceptors (Lipinski definition) is 4. The van der Waals surface area contributed by atoms with Gasteiger partial charge < -0.3 is 19.3 Å². The molecule has 2 aromatic carbocycles. The van der Waals surface area contributed by atoms with Gasteiger partial charge in [0, 0.05) is 18.7 Å². The quantitative estimate of drug-likeness (QED) is 0.838. The molecule has 0 saturated heterocycles. The lowest BCUT2D eigenvalue weighted by molar-refractivity contribution is -0.149. The van der Waals surface area contributed by atoms with E-state index in [0.29, 0.717) is 19.8 Å². The summed E-state index contributed by atoms with van der Waals surface area (Å²) >= 11 is 0. The van der Waals surface area contributed by atoms with E-state index in [1.54, 1.807) is 0 Å². The maximum absolute atomic E-state index is 13.6. The average molecular weight is 366 g/mol. The molecule has 142 valence electrons. The molecule has 5 heteroatoms. The van der Waals surface area contributed by atoms with Crippen LogP contribution in [0.2, 0.25) is 0 Å². The van der Waals surface area contributed by atoms with Crippen molar-refractivity contribution in [1.29, 1.82) is 0 Å². The number of likely N-dealkylation sites (N-methyl/N-ethyl adjacent to an activating group) is 1. The molecule has 0 aromatic heterocycles. The van der Waals surface area contributed by atoms with Crippen LogP contribution in [0.15, 0.2) is 48.5 Å². The van der Waals surface area contributed by atoms with E-state index in [1.165, 1.54) is 5.56 Å². The minimum absolute atomic E-state index is 0.0225. The van der Waals surface area contributed by atoms with Gasteiger partial charge in [-0.3, -0.25) is 4.79 Å². The molecule has 0 unspecified atom stereocenters. The highest BCUT2D eigenvalue weighted by Crippen LogP contribution is 2.32. The van der Waals surface area contributed by atoms with E-state index < -0.39 is 6.10 Å². The number of amides is 1. The number of para-hydroxylation sites is 1. The standard InChI is InChI=1S/C22H26N2O3/c1-23(2)14-18-15-27-20-10-6-4-8-17(20)13-24(18)22(25)21-19-9-5-3-7-16(19)11-12-26-21/h3-10,18,21H,11-15H2,1-2H3/t18-,21-/m1/s1. The average Bonchev–Trinajstić information content (AvgIpc) is 2.86. The van der Waals surface area contributed by atoms with Gasteiger partial charge in [-0.05, 0) is 37.7 Å². The van der Waals surface area contributed by atoms with E-state index in [9.17, 15) is 4.79 Å². The third-order valence-electron chi connectivity index (χ3n) is 5.26. The van der Waals surface area contributed by atoms with Gasteiger partial charge in [-0.25, -0.2) is 0 Å². The van der Waals surface area contributed by atoms with Crippen molar-refractivity contribution in [3.05, 3.63) is 65.2 Å². The van der Waals surface area contributed by atoms with E-state index in [4.69, 9.17) is 9.47 Å². The Bertz CT molecular complexity index is 821. The van der Waals surface area contributed by atoms with Gasteiger partial charge >= 0.3 is 0 Å². The molecule has 4 rings (SSSR count). The van der Waals surface area contributed by atoms with Crippen LogP contribution >= 0.6 is 0 Å². The van der Waals surface area contributed by atoms with Crippen LogP contribution in [-0.4, -0.2) is 55.6 Å². The lowest BCUT2D eigenvalue weighted by Crippen LogP contribution is -2.49. The fraction of sp³-hybridized carbons (Fsp3) is 0.409. The summed E-state index contributed by atoms with van der Waals surface area (Å²) in [7, 11) is 4.04. The molecule has 5 nitrogen and oxygen atoms in total. The second-order valence-corrected chi connectivity index (χ2v) is 7.50. The fourth-order valence-electron chi connectivity index (χ4n) is 3.94. The van der Waals surface area contributed by atoms with Crippen LogP contribution in [0.3, 0.4) is 0 Å². The SMILES string of the molecule is CN(C)C[C@@H]1COc2ccccc2CN1C(=O)[C@@H]1OCCc2ccccc21. The maximum Gasteiger partial charge on any atom is 0.257 e. The van der Waals surface area contributed by atoms with Gasteiger partial charge in [0.15, 0.2) is 6.10 Å². The Balaban J connectivity index is 1.67. The molecule has 2 heterocycles. The van der Waals surface area contributed by atoms with Crippen molar-refractivity contribution in [3.8, 4) is 5.75 Å². The number of carbonyl (C=O) groups is 1. The second-order valence-electron chi connectivity index (χ2n) is 7.50. The number of nitrogens with zero attached hydrogens (tertiary/aromatic N) is 2. The highest BCUT2D eigenvalue weighted by atomic mass is 16.5. The summed E-state index contributed by atoms with van der Waals surface area (Å²) in [5.74, 6) is 0.885. The summed E-state index contributed by atoms with van der Waals surface area (Å²) in [6, 6.07) is 16.0. The predicted molar refractivity (Wildman–Crippen MR) is 104 cm³/mol. The van der Waals surface area contributed by atoms with E-state index >= 15 is 0 Å². The van der Waals surface area contributed by atoms with Crippen LogP contribution in [0.4, 0.5) is 0 Å². The fourth-order valence-corrected chi connectivity index (χ4v) is 3.94. The van der Waals surface area contributed by atoms with Crippen LogP contribution in [-0.2, 0) is 22.5 Å². The molecule has 0 fully saturated rings. The van der Waals surface area contributed by atoms with E-state index in [-0.39, 0.29) is 11.9 Å². The lowest BCUT2D eigenvalue weighted by Gasteiger charge is -2.35. The minimum atomic E-state index is -0.537. The smallest absolute Gasteiger partial charge is 0.257 e. The van der Waals surface area contributed by atoms with Crippen molar-refractivity contribution in [2.75, 3.05) is 33.9 Å². The van der Waals surface area contributed by atoms with Crippen molar-refractivity contribution in [3.63, 3.8) is 0 Å². The third kappa shape index (κ3) is 3.70. The van der Waals surface area contributed by atoms with Gasteiger partial charge in [0.05, 0.1) is 12.6 Å². The summed E-state index contributed by atoms with van der Waals surface area (Å²) in [5.41, 5.74) is 3.24. The normalized spacial score (nSPS) is 21.8. The maximum atomic E-state index is 13.6. The highest BCUT2D eigenvalue weighted by molar-refractivity contribution is 5.83. The molecular formula is C22H26N2O3. The molecule has 0 N–H and O–H groups in total. The summed E-state index contributed by atoms with van der Waals surface area (Å²) < 4.78 is 12.0. The molecule has 0 radical (unpaired) electrons. The monoisotopic (exact) mass is 366 g/mol. The van der Waals surface area contributed by atoms with Crippen molar-refractivity contribution in [2.24, 2.45) is 0 Å². The molecular weight excluding hydrogens is 340 g/mol. The Kier molecular flexibility index (Phi) is 5.14. The van der Waals surface area contributed by atoms with Gasteiger partial charge in [-0.1, -0.05) is 42.5 Å². The molecule has 2 atom stereocenters. The Labute approximate surface area is 160 Å². The van der Waals surface area contributed by atoms with Gasteiger partial charge in [-0.2, -0.15) is 0 Å². The summed E-state index contributed by atoms with van der Waals surface area (Å²) in [6.07, 6.45) is 0.317. The molecule has 2 aromatic rings. The molecule has 2 aliphatic heterocycles. The van der Waals surface area contributed by atoms with Crippen LogP contribution in [0, 0.1) is 0 Å². The summed E-state index contributed by atoms with van der Waals surface area (Å²) in [6.45, 7) is 2.34. The van der Waals surface area contributed by atoms with Gasteiger partial charge in [0.25, 0.3) is 5.91 Å². The first-order chi connectivity index (χ1) is 13.1. The van der Waals surface area contributed by atoms with Crippen molar-refractivity contribution in [2.45, 2.75) is 25.1 Å². The Morgan fingerprint density at radius 1 is 1.11 bits per heavy atom. The van der Waals surface area contributed by atoms with E-state index in [0.717, 1.165) is 29.8 Å². The number of rotatable bonds is 3. The number of ether oxygens (including phenoxy) is 2. The van der Waals surface area contributed by atoms with Crippen LogP contribution in [0.5, 0.6) is 5.75 Å². The molecule has 0 spiro atoms. The topological polar surface area (TPSA) is 42.0 Å². The highest BCUT2D eigenvalue weighted by Gasteiger charge is 2.36. The number of benzene rings is 2. The van der Waals surface area contributed by atoms with Crippen molar-refractivity contribution < 1.29 is 14.3 Å². The molecule has 1 amide bonds. The molecule has 0 aliphatic carbocycles. The zero-order valence-corrected chi connectivity index (χ0v) is 15.9. The van der Waals surface area contributed by atoms with E-state index in [1.807, 2.05) is 61.5 Å². The molecule has 27 heavy (non-hydrogen) atoms. The van der Waals surface area contributed by atoms with Crippen LogP contribution in [0.1, 0.15) is 22.8 Å². The van der Waals surface area contributed by atoms with Crippen molar-refractivity contribution >= 4 is 5.91 Å². The zero-order chi connectivity index (χ0) is 18.8. The first kappa shape index (κ1) is 18.0. The van der Waals surface area contributed by atoms with Crippen LogP contribution in [0.25, 0.3) is 0 Å². The van der Waals surface area contributed by atoms with E-state index in [2.05, 4.69) is 11.0 Å². The first-order valence-electron chi connectivity index (χ1n) is 9.49. The first-order valence-corrected chi connectivity index (χ1v) is 9.49. The third-order valence-corrected chi connectivity index (χ3v) is 5.26.